The lowest BCUT2D eigenvalue weighted by molar-refractivity contribution is -0.180. The minimum atomic E-state index is -3.28. The number of hydrogen-bond donors (Lipinski definition) is 4. The van der Waals surface area contributed by atoms with Crippen LogP contribution >= 0.6 is 7.60 Å². The van der Waals surface area contributed by atoms with Crippen molar-refractivity contribution in [3.8, 4) is 0 Å². The van der Waals surface area contributed by atoms with Gasteiger partial charge in [-0.1, -0.05) is 0 Å². The zero-order valence-corrected chi connectivity index (χ0v) is 13.8. The Balaban J connectivity index is 2.65. The van der Waals surface area contributed by atoms with Crippen molar-refractivity contribution in [2.45, 2.75) is 24.6 Å². The maximum atomic E-state index is 11.7. The molecule has 0 aromatic rings. The van der Waals surface area contributed by atoms with Crippen LogP contribution in [0.2, 0.25) is 0 Å². The summed E-state index contributed by atoms with van der Waals surface area (Å²) in [7, 11) is -0.599. The third kappa shape index (κ3) is 4.95. The molecule has 1 saturated carbocycles. The summed E-state index contributed by atoms with van der Waals surface area (Å²) in [5, 5.41) is 40.0. The zero-order chi connectivity index (χ0) is 16.9. The number of methoxy groups -OCH3 is 1. The van der Waals surface area contributed by atoms with Crippen LogP contribution in [0.4, 0.5) is 0 Å². The maximum absolute atomic E-state index is 11.7. The van der Waals surface area contributed by atoms with Crippen LogP contribution in [-0.4, -0.2) is 85.7 Å². The van der Waals surface area contributed by atoms with Gasteiger partial charge in [-0.15, -0.1) is 0 Å². The molecular weight excluding hydrogens is 319 g/mol. The van der Waals surface area contributed by atoms with Gasteiger partial charge in [0.05, 0.1) is 44.1 Å². The summed E-state index contributed by atoms with van der Waals surface area (Å²) in [4.78, 5) is 0. The molecule has 10 heteroatoms. The normalized spacial score (nSPS) is 36.2. The third-order valence-corrected chi connectivity index (χ3v) is 5.04. The molecule has 0 aliphatic heterocycles. The molecule has 0 radical (unpaired) electrons. The number of ether oxygens (including phenoxy) is 2. The first-order chi connectivity index (χ1) is 10.2. The van der Waals surface area contributed by atoms with Crippen molar-refractivity contribution in [1.29, 1.82) is 0 Å². The Kier molecular flexibility index (Phi) is 7.87. The first kappa shape index (κ1) is 20.0. The van der Waals surface area contributed by atoms with E-state index in [1.165, 1.54) is 20.9 Å². The van der Waals surface area contributed by atoms with Crippen LogP contribution in [-0.2, 0) is 23.1 Å². The quantitative estimate of drug-likeness (QED) is 0.231. The van der Waals surface area contributed by atoms with Crippen molar-refractivity contribution < 1.29 is 43.5 Å². The minimum absolute atomic E-state index is 0.0682. The summed E-state index contributed by atoms with van der Waals surface area (Å²) in [6, 6.07) is 0. The van der Waals surface area contributed by atoms with E-state index in [1.54, 1.807) is 0 Å². The van der Waals surface area contributed by atoms with Crippen molar-refractivity contribution in [3.63, 3.8) is 0 Å². The Bertz CT molecular complexity index is 380. The summed E-state index contributed by atoms with van der Waals surface area (Å²) in [6.45, 7) is 1.26. The lowest BCUT2D eigenvalue weighted by atomic mass is 10.0. The molecule has 0 heterocycles. The third-order valence-electron chi connectivity index (χ3n) is 3.75. The fourth-order valence-corrected chi connectivity index (χ4v) is 2.89. The van der Waals surface area contributed by atoms with E-state index in [9.17, 15) is 25.0 Å². The van der Waals surface area contributed by atoms with Crippen LogP contribution < -0.4 is 0 Å². The average molecular weight is 344 g/mol. The van der Waals surface area contributed by atoms with Crippen molar-refractivity contribution >= 4 is 7.60 Å². The van der Waals surface area contributed by atoms with Crippen LogP contribution in [0.25, 0.3) is 0 Å². The highest BCUT2D eigenvalue weighted by atomic mass is 31.2. The molecule has 0 bridgehead atoms. The highest BCUT2D eigenvalue weighted by Crippen LogP contribution is 2.45. The van der Waals surface area contributed by atoms with Crippen LogP contribution in [0.15, 0.2) is 0 Å². The molecule has 132 valence electrons. The summed E-state index contributed by atoms with van der Waals surface area (Å²) < 4.78 is 31.2. The summed E-state index contributed by atoms with van der Waals surface area (Å²) >= 11 is 0. The van der Waals surface area contributed by atoms with Gasteiger partial charge in [0.1, 0.15) is 0 Å². The second kappa shape index (κ2) is 8.68. The lowest BCUT2D eigenvalue weighted by Crippen LogP contribution is -2.39. The van der Waals surface area contributed by atoms with Gasteiger partial charge >= 0.3 is 7.60 Å². The van der Waals surface area contributed by atoms with Gasteiger partial charge in [0, 0.05) is 26.8 Å². The molecule has 9 nitrogen and oxygen atoms in total. The van der Waals surface area contributed by atoms with Gasteiger partial charge in [-0.05, 0) is 0 Å². The number of rotatable bonds is 9. The average Bonchev–Trinajstić information content (AvgIpc) is 2.68. The molecule has 1 aliphatic carbocycles. The zero-order valence-electron chi connectivity index (χ0n) is 12.9. The predicted octanol–water partition coefficient (Wildman–Crippen LogP) is -1.22. The van der Waals surface area contributed by atoms with Gasteiger partial charge < -0.3 is 38.9 Å². The van der Waals surface area contributed by atoms with E-state index < -0.39 is 44.0 Å². The molecular formula is C12H25O9P. The van der Waals surface area contributed by atoms with Crippen molar-refractivity contribution in [3.05, 3.63) is 0 Å². The molecule has 1 rings (SSSR count). The second-order valence-corrected chi connectivity index (χ2v) is 7.38. The Hall–Kier alpha value is -0.0900. The monoisotopic (exact) mass is 344 g/mol. The van der Waals surface area contributed by atoms with Gasteiger partial charge in [0.2, 0.25) is 0 Å². The van der Waals surface area contributed by atoms with Crippen molar-refractivity contribution in [2.24, 2.45) is 11.8 Å². The molecule has 1 fully saturated rings. The summed E-state index contributed by atoms with van der Waals surface area (Å²) in [5.74, 6) is -2.04. The molecule has 0 saturated heterocycles. The van der Waals surface area contributed by atoms with E-state index in [0.29, 0.717) is 0 Å². The Morgan fingerprint density at radius 3 is 2.27 bits per heavy atom. The van der Waals surface area contributed by atoms with Gasteiger partial charge in [-0.3, -0.25) is 4.57 Å². The lowest BCUT2D eigenvalue weighted by Gasteiger charge is -2.25. The second-order valence-electron chi connectivity index (χ2n) is 5.22. The molecule has 22 heavy (non-hydrogen) atoms. The molecule has 0 aromatic heterocycles. The van der Waals surface area contributed by atoms with E-state index in [1.807, 2.05) is 0 Å². The van der Waals surface area contributed by atoms with Crippen LogP contribution in [0.3, 0.4) is 0 Å². The molecule has 0 spiro atoms. The first-order valence-electron chi connectivity index (χ1n) is 6.85. The maximum Gasteiger partial charge on any atom is 0.327 e. The Morgan fingerprint density at radius 1 is 1.09 bits per heavy atom. The molecule has 4 N–H and O–H groups in total. The fraction of sp³-hybridized carbons (Fsp3) is 1.00. The molecule has 1 aliphatic rings. The summed E-state index contributed by atoms with van der Waals surface area (Å²) in [6.07, 6.45) is -5.52. The van der Waals surface area contributed by atoms with Crippen LogP contribution in [0.5, 0.6) is 0 Å². The summed E-state index contributed by atoms with van der Waals surface area (Å²) in [5.41, 5.74) is 0. The van der Waals surface area contributed by atoms with Crippen LogP contribution in [0, 0.1) is 11.8 Å². The topological polar surface area (TPSA) is 135 Å². The molecule has 0 amide bonds. The highest BCUT2D eigenvalue weighted by Gasteiger charge is 2.52. The number of aliphatic hydroxyl groups is 4. The number of aliphatic hydroxyl groups excluding tert-OH is 4. The Labute approximate surface area is 129 Å². The van der Waals surface area contributed by atoms with E-state index >= 15 is 0 Å². The van der Waals surface area contributed by atoms with Gasteiger partial charge in [-0.2, -0.15) is 0 Å². The van der Waals surface area contributed by atoms with Crippen molar-refractivity contribution in [2.75, 3.05) is 40.7 Å². The standard InChI is InChI=1S/C12H25O9P/c1-18-4-5-20-12(16)8-9(13)7(10(14)11(8)15)6-21-22(3,17)19-2/h7-16H,4-6H2,1-3H3. The fourth-order valence-electron chi connectivity index (χ4n) is 2.34. The molecule has 7 unspecified atom stereocenters. The van der Waals surface area contributed by atoms with Gasteiger partial charge in [-0.25, -0.2) is 0 Å². The van der Waals surface area contributed by atoms with E-state index in [2.05, 4.69) is 4.52 Å². The predicted molar refractivity (Wildman–Crippen MR) is 75.3 cm³/mol. The minimum Gasteiger partial charge on any atom is -0.392 e. The van der Waals surface area contributed by atoms with Crippen LogP contribution in [0.1, 0.15) is 0 Å². The molecule has 0 aromatic carbocycles. The SMILES string of the molecule is COCCOC(O)C1C(O)C(O)C(COP(C)(=O)OC)C1O. The van der Waals surface area contributed by atoms with Gasteiger partial charge in [0.25, 0.3) is 0 Å². The largest absolute Gasteiger partial charge is 0.392 e. The van der Waals surface area contributed by atoms with E-state index in [4.69, 9.17) is 14.0 Å². The number of hydrogen-bond acceptors (Lipinski definition) is 9. The van der Waals surface area contributed by atoms with E-state index in [-0.39, 0.29) is 19.8 Å². The van der Waals surface area contributed by atoms with Crippen molar-refractivity contribution in [1.82, 2.24) is 0 Å². The Morgan fingerprint density at radius 2 is 1.73 bits per heavy atom. The molecule has 7 atom stereocenters. The van der Waals surface area contributed by atoms with Gasteiger partial charge in [0.15, 0.2) is 6.29 Å². The smallest absolute Gasteiger partial charge is 0.327 e. The van der Waals surface area contributed by atoms with E-state index in [0.717, 1.165) is 0 Å². The first-order valence-corrected chi connectivity index (χ1v) is 8.84. The highest BCUT2D eigenvalue weighted by molar-refractivity contribution is 7.52.